The average molecular weight is 380 g/mol. The molecule has 1 spiro atoms. The number of hydrogen-bond acceptors (Lipinski definition) is 5. The van der Waals surface area contributed by atoms with Gasteiger partial charge in [-0.15, -0.1) is 0 Å². The Morgan fingerprint density at radius 2 is 2.25 bits per heavy atom. The Hall–Kier alpha value is -2.05. The molecule has 0 aromatic heterocycles. The van der Waals surface area contributed by atoms with Crippen LogP contribution in [0.2, 0.25) is 0 Å². The maximum absolute atomic E-state index is 13.4. The van der Waals surface area contributed by atoms with Crippen molar-refractivity contribution in [2.24, 2.45) is 11.8 Å². The number of carbonyl (C=O) groups is 1. The van der Waals surface area contributed by atoms with Gasteiger partial charge in [-0.05, 0) is 36.9 Å². The van der Waals surface area contributed by atoms with Crippen LogP contribution < -0.4 is 9.64 Å². The molecule has 0 radical (unpaired) electrons. The highest BCUT2D eigenvalue weighted by molar-refractivity contribution is 6.01. The van der Waals surface area contributed by atoms with Crippen LogP contribution in [-0.2, 0) is 14.9 Å². The number of fused-ring (bicyclic) bond motifs is 2. The normalized spacial score (nSPS) is 42.2. The topological polar surface area (TPSA) is 62.2 Å². The lowest BCUT2D eigenvalue weighted by Gasteiger charge is -2.58. The summed E-state index contributed by atoms with van der Waals surface area (Å²) >= 11 is 0. The molecule has 4 fully saturated rings. The molecule has 2 bridgehead atoms. The van der Waals surface area contributed by atoms with Gasteiger partial charge in [0.2, 0.25) is 5.91 Å². The first-order chi connectivity index (χ1) is 13.6. The summed E-state index contributed by atoms with van der Waals surface area (Å²) in [7, 11) is 1.57. The fraction of sp³-hybridized carbons (Fsp3) is 0.591. The maximum Gasteiger partial charge on any atom is 0.230 e. The largest absolute Gasteiger partial charge is 0.503 e. The van der Waals surface area contributed by atoms with Crippen LogP contribution >= 0.6 is 0 Å². The van der Waals surface area contributed by atoms with E-state index in [0.717, 1.165) is 31.5 Å². The van der Waals surface area contributed by atoms with Gasteiger partial charge in [-0.1, -0.05) is 17.7 Å². The summed E-state index contributed by atoms with van der Waals surface area (Å²) in [5, 5.41) is 11.1. The molecule has 0 unspecified atom stereocenters. The zero-order chi connectivity index (χ0) is 18.8. The number of phenolic OH excluding ortho intramolecular Hbond substituents is 1. The Bertz CT molecular complexity index is 958. The zero-order valence-electron chi connectivity index (χ0n) is 15.9. The fourth-order valence-electron chi connectivity index (χ4n) is 7.76. The van der Waals surface area contributed by atoms with Gasteiger partial charge in [0.1, 0.15) is 0 Å². The molecule has 5 aliphatic heterocycles. The van der Waals surface area contributed by atoms with Gasteiger partial charge in [0.05, 0.1) is 38.0 Å². The van der Waals surface area contributed by atoms with Gasteiger partial charge < -0.3 is 19.5 Å². The van der Waals surface area contributed by atoms with Crippen molar-refractivity contribution in [1.29, 1.82) is 0 Å². The smallest absolute Gasteiger partial charge is 0.230 e. The quantitative estimate of drug-likeness (QED) is 0.753. The van der Waals surface area contributed by atoms with Crippen LogP contribution in [0.15, 0.2) is 23.8 Å². The molecule has 6 atom stereocenters. The first kappa shape index (κ1) is 15.8. The van der Waals surface area contributed by atoms with Crippen LogP contribution in [-0.4, -0.2) is 60.9 Å². The highest BCUT2D eigenvalue weighted by atomic mass is 16.5. The minimum Gasteiger partial charge on any atom is -0.503 e. The average Bonchev–Trinajstić information content (AvgIpc) is 3.16. The first-order valence-electron chi connectivity index (χ1n) is 10.4. The number of anilines is 1. The molecule has 1 N–H and O–H groups in total. The van der Waals surface area contributed by atoms with Crippen LogP contribution in [0.25, 0.3) is 0 Å². The number of hydrogen-bond donors (Lipinski definition) is 1. The monoisotopic (exact) mass is 380 g/mol. The molecule has 28 heavy (non-hydrogen) atoms. The van der Waals surface area contributed by atoms with Crippen molar-refractivity contribution >= 4 is 11.6 Å². The van der Waals surface area contributed by atoms with Crippen LogP contribution in [0.4, 0.5) is 5.69 Å². The molecule has 6 nitrogen and oxygen atoms in total. The predicted molar refractivity (Wildman–Crippen MR) is 102 cm³/mol. The van der Waals surface area contributed by atoms with Crippen molar-refractivity contribution in [3.05, 3.63) is 29.3 Å². The standard InChI is InChI=1S/C22H24N2O4/c1-27-14-3-2-13-19(20(14)26)24-17(25)9-15-18-12-8-16-22(13,21(18)24)5-6-23(16)10-11(12)4-7-28-15/h2-4,12,15-16,18,21,26H,5-10H2,1H3/t12-,15-,16-,18-,21-,22+/m0/s1. The van der Waals surface area contributed by atoms with E-state index in [2.05, 4.69) is 17.0 Å². The Labute approximate surface area is 163 Å². The number of phenols is 1. The minimum absolute atomic E-state index is 0.0178. The van der Waals surface area contributed by atoms with E-state index in [1.165, 1.54) is 5.57 Å². The lowest BCUT2D eigenvalue weighted by Crippen LogP contribution is -2.69. The van der Waals surface area contributed by atoms with E-state index >= 15 is 0 Å². The van der Waals surface area contributed by atoms with Crippen LogP contribution in [0.1, 0.15) is 24.8 Å². The van der Waals surface area contributed by atoms with Gasteiger partial charge in [0.15, 0.2) is 11.5 Å². The van der Waals surface area contributed by atoms with E-state index in [-0.39, 0.29) is 29.2 Å². The zero-order valence-corrected chi connectivity index (χ0v) is 15.9. The third-order valence-corrected chi connectivity index (χ3v) is 8.63. The van der Waals surface area contributed by atoms with E-state index in [9.17, 15) is 9.90 Å². The Morgan fingerprint density at radius 3 is 3.11 bits per heavy atom. The lowest BCUT2D eigenvalue weighted by atomic mass is 9.53. The van der Waals surface area contributed by atoms with E-state index in [4.69, 9.17) is 9.47 Å². The number of methoxy groups -OCH3 is 1. The number of aromatic hydroxyl groups is 1. The van der Waals surface area contributed by atoms with Gasteiger partial charge >= 0.3 is 0 Å². The summed E-state index contributed by atoms with van der Waals surface area (Å²) in [4.78, 5) is 17.9. The summed E-state index contributed by atoms with van der Waals surface area (Å²) in [6.45, 7) is 2.70. The molecular formula is C22H24N2O4. The number of amides is 1. The molecule has 1 saturated carbocycles. The molecule has 6 aliphatic rings. The second-order valence-electron chi connectivity index (χ2n) is 9.27. The number of carbonyl (C=O) groups excluding carboxylic acids is 1. The van der Waals surface area contributed by atoms with Crippen molar-refractivity contribution in [3.63, 3.8) is 0 Å². The summed E-state index contributed by atoms with van der Waals surface area (Å²) in [6, 6.07) is 4.48. The molecule has 1 aromatic carbocycles. The Balaban J connectivity index is 1.54. The van der Waals surface area contributed by atoms with Crippen molar-refractivity contribution in [2.75, 3.05) is 31.7 Å². The maximum atomic E-state index is 13.4. The molecule has 7 rings (SSSR count). The van der Waals surface area contributed by atoms with E-state index in [0.29, 0.717) is 42.3 Å². The fourth-order valence-corrected chi connectivity index (χ4v) is 7.76. The van der Waals surface area contributed by atoms with Gasteiger partial charge in [-0.2, -0.15) is 0 Å². The van der Waals surface area contributed by atoms with Crippen LogP contribution in [0, 0.1) is 11.8 Å². The Morgan fingerprint density at radius 1 is 1.36 bits per heavy atom. The molecule has 1 aliphatic carbocycles. The molecule has 146 valence electrons. The van der Waals surface area contributed by atoms with E-state index in [1.54, 1.807) is 7.11 Å². The number of rotatable bonds is 1. The lowest BCUT2D eigenvalue weighted by molar-refractivity contribution is -0.132. The van der Waals surface area contributed by atoms with E-state index < -0.39 is 0 Å². The highest BCUT2D eigenvalue weighted by Gasteiger charge is 2.71. The summed E-state index contributed by atoms with van der Waals surface area (Å²) < 4.78 is 11.6. The van der Waals surface area contributed by atoms with Crippen LogP contribution in [0.5, 0.6) is 11.5 Å². The van der Waals surface area contributed by atoms with E-state index in [1.807, 2.05) is 11.0 Å². The predicted octanol–water partition coefficient (Wildman–Crippen LogP) is 1.81. The van der Waals surface area contributed by atoms with Crippen molar-refractivity contribution in [1.82, 2.24) is 4.90 Å². The third-order valence-electron chi connectivity index (χ3n) is 8.63. The molecule has 3 saturated heterocycles. The van der Waals surface area contributed by atoms with Gasteiger partial charge in [0, 0.05) is 23.9 Å². The van der Waals surface area contributed by atoms with Crippen molar-refractivity contribution < 1.29 is 19.4 Å². The highest BCUT2D eigenvalue weighted by Crippen LogP contribution is 2.67. The molecule has 1 aromatic rings. The molecular weight excluding hydrogens is 356 g/mol. The second-order valence-corrected chi connectivity index (χ2v) is 9.27. The second kappa shape index (κ2) is 4.92. The minimum atomic E-state index is -0.103. The molecule has 5 heterocycles. The Kier molecular flexibility index (Phi) is 2.78. The first-order valence-corrected chi connectivity index (χ1v) is 10.4. The number of nitrogens with zero attached hydrogens (tertiary/aromatic N) is 2. The number of ether oxygens (including phenoxy) is 2. The summed E-state index contributed by atoms with van der Waals surface area (Å²) in [5.74, 6) is 1.43. The van der Waals surface area contributed by atoms with Gasteiger partial charge in [0.25, 0.3) is 0 Å². The number of piperidine rings is 2. The molecule has 6 heteroatoms. The third kappa shape index (κ3) is 1.52. The molecule has 1 amide bonds. The summed E-state index contributed by atoms with van der Waals surface area (Å²) in [6.07, 6.45) is 4.84. The van der Waals surface area contributed by atoms with Crippen molar-refractivity contribution in [2.45, 2.75) is 42.9 Å². The number of benzene rings is 1. The van der Waals surface area contributed by atoms with Crippen molar-refractivity contribution in [3.8, 4) is 11.5 Å². The SMILES string of the molecule is COc1ccc2c(c1O)N1C(=O)C[C@@H]3OCC=C4CN5CC[C@]26[C@@H]5C[C@@H]4[C@@H]3[C@H]16. The summed E-state index contributed by atoms with van der Waals surface area (Å²) in [5.41, 5.74) is 3.25. The van der Waals surface area contributed by atoms with Gasteiger partial charge in [-0.3, -0.25) is 9.69 Å². The van der Waals surface area contributed by atoms with Gasteiger partial charge in [-0.25, -0.2) is 0 Å². The van der Waals surface area contributed by atoms with Crippen LogP contribution in [0.3, 0.4) is 0 Å².